The summed E-state index contributed by atoms with van der Waals surface area (Å²) in [6.07, 6.45) is 3.70. The van der Waals surface area contributed by atoms with Crippen LogP contribution in [0.25, 0.3) is 0 Å². The fraction of sp³-hybridized carbons (Fsp3) is 0.273. The van der Waals surface area contributed by atoms with E-state index in [0.29, 0.717) is 30.2 Å². The van der Waals surface area contributed by atoms with Crippen LogP contribution in [-0.4, -0.2) is 11.7 Å². The first-order chi connectivity index (χ1) is 7.63. The number of hydrogen-bond donors (Lipinski definition) is 3. The van der Waals surface area contributed by atoms with Gasteiger partial charge in [-0.3, -0.25) is 0 Å². The number of aliphatic hydroxyl groups excluding tert-OH is 1. The molecule has 0 bridgehead atoms. The second-order valence-corrected chi connectivity index (χ2v) is 3.47. The SMILES string of the molecule is CCOC1=C2OC(N)=CC(N)=C2CC=C1O. The number of hydrogen-bond acceptors (Lipinski definition) is 5. The largest absolute Gasteiger partial charge is 0.504 e. The molecule has 2 aliphatic rings. The van der Waals surface area contributed by atoms with Gasteiger partial charge >= 0.3 is 0 Å². The average molecular weight is 222 g/mol. The summed E-state index contributed by atoms with van der Waals surface area (Å²) in [6, 6.07) is 0. The predicted octanol–water partition coefficient (Wildman–Crippen LogP) is 1.12. The molecule has 1 aliphatic heterocycles. The molecule has 0 amide bonds. The van der Waals surface area contributed by atoms with Gasteiger partial charge in [-0.25, -0.2) is 0 Å². The maximum atomic E-state index is 9.69. The highest BCUT2D eigenvalue weighted by molar-refractivity contribution is 5.48. The smallest absolute Gasteiger partial charge is 0.204 e. The number of rotatable bonds is 2. The van der Waals surface area contributed by atoms with Crippen molar-refractivity contribution in [1.29, 1.82) is 0 Å². The number of aliphatic hydroxyl groups is 1. The summed E-state index contributed by atoms with van der Waals surface area (Å²) in [5, 5.41) is 9.69. The molecular formula is C11H14N2O3. The summed E-state index contributed by atoms with van der Waals surface area (Å²) < 4.78 is 10.7. The van der Waals surface area contributed by atoms with Gasteiger partial charge in [0.2, 0.25) is 5.76 Å². The Balaban J connectivity index is 2.49. The molecule has 0 saturated heterocycles. The molecule has 0 saturated carbocycles. The highest BCUT2D eigenvalue weighted by Crippen LogP contribution is 2.34. The molecule has 0 aromatic rings. The molecule has 0 radical (unpaired) electrons. The molecule has 5 N–H and O–H groups in total. The van der Waals surface area contributed by atoms with E-state index in [1.807, 2.05) is 6.92 Å². The molecule has 0 fully saturated rings. The van der Waals surface area contributed by atoms with E-state index in [1.54, 1.807) is 12.2 Å². The van der Waals surface area contributed by atoms with E-state index in [0.717, 1.165) is 5.57 Å². The molecule has 5 heteroatoms. The summed E-state index contributed by atoms with van der Waals surface area (Å²) >= 11 is 0. The summed E-state index contributed by atoms with van der Waals surface area (Å²) in [5.41, 5.74) is 12.7. The van der Waals surface area contributed by atoms with Crippen molar-refractivity contribution in [2.75, 3.05) is 6.61 Å². The quantitative estimate of drug-likeness (QED) is 0.651. The van der Waals surface area contributed by atoms with Crippen molar-refractivity contribution in [1.82, 2.24) is 0 Å². The van der Waals surface area contributed by atoms with Crippen molar-refractivity contribution in [3.63, 3.8) is 0 Å². The summed E-state index contributed by atoms with van der Waals surface area (Å²) in [6.45, 7) is 2.25. The van der Waals surface area contributed by atoms with Crippen molar-refractivity contribution in [3.8, 4) is 0 Å². The van der Waals surface area contributed by atoms with Crippen LogP contribution in [0.1, 0.15) is 13.3 Å². The van der Waals surface area contributed by atoms with Crippen molar-refractivity contribution < 1.29 is 14.6 Å². The van der Waals surface area contributed by atoms with Gasteiger partial charge in [-0.15, -0.1) is 0 Å². The maximum Gasteiger partial charge on any atom is 0.204 e. The van der Waals surface area contributed by atoms with Crippen molar-refractivity contribution in [2.24, 2.45) is 11.5 Å². The number of ether oxygens (including phenoxy) is 2. The van der Waals surface area contributed by atoms with Crippen LogP contribution in [0.3, 0.4) is 0 Å². The van der Waals surface area contributed by atoms with Crippen LogP contribution < -0.4 is 11.5 Å². The Morgan fingerprint density at radius 2 is 2.25 bits per heavy atom. The van der Waals surface area contributed by atoms with Gasteiger partial charge in [0, 0.05) is 23.8 Å². The molecular weight excluding hydrogens is 208 g/mol. The van der Waals surface area contributed by atoms with Crippen LogP contribution in [0.5, 0.6) is 0 Å². The summed E-state index contributed by atoms with van der Waals surface area (Å²) in [7, 11) is 0. The van der Waals surface area contributed by atoms with Crippen LogP contribution in [0, 0.1) is 0 Å². The fourth-order valence-electron chi connectivity index (χ4n) is 1.67. The number of allylic oxidation sites excluding steroid dienone is 3. The van der Waals surface area contributed by atoms with Crippen molar-refractivity contribution >= 4 is 0 Å². The molecule has 16 heavy (non-hydrogen) atoms. The van der Waals surface area contributed by atoms with Gasteiger partial charge in [-0.2, -0.15) is 0 Å². The van der Waals surface area contributed by atoms with E-state index in [9.17, 15) is 5.11 Å². The third-order valence-electron chi connectivity index (χ3n) is 2.37. The molecule has 1 heterocycles. The highest BCUT2D eigenvalue weighted by atomic mass is 16.5. The molecule has 0 aromatic heterocycles. The second kappa shape index (κ2) is 3.84. The van der Waals surface area contributed by atoms with E-state index in [4.69, 9.17) is 20.9 Å². The van der Waals surface area contributed by atoms with E-state index in [-0.39, 0.29) is 11.6 Å². The average Bonchev–Trinajstić information content (AvgIpc) is 2.22. The van der Waals surface area contributed by atoms with Gasteiger partial charge in [0.25, 0.3) is 0 Å². The standard InChI is InChI=1S/C11H14N2O3/c1-2-15-11-8(14)4-3-6-7(12)5-9(13)16-10(6)11/h4-5,14H,2-3,12-13H2,1H3. The zero-order valence-electron chi connectivity index (χ0n) is 8.99. The maximum absolute atomic E-state index is 9.69. The lowest BCUT2D eigenvalue weighted by Gasteiger charge is -2.24. The summed E-state index contributed by atoms with van der Waals surface area (Å²) in [4.78, 5) is 0. The lowest BCUT2D eigenvalue weighted by atomic mass is 9.99. The lowest BCUT2D eigenvalue weighted by Crippen LogP contribution is -2.20. The van der Waals surface area contributed by atoms with Crippen LogP contribution >= 0.6 is 0 Å². The van der Waals surface area contributed by atoms with Crippen LogP contribution in [0.4, 0.5) is 0 Å². The molecule has 0 aromatic carbocycles. The normalized spacial score (nSPS) is 19.8. The van der Waals surface area contributed by atoms with E-state index < -0.39 is 0 Å². The first-order valence-corrected chi connectivity index (χ1v) is 5.04. The van der Waals surface area contributed by atoms with Crippen LogP contribution in [0.15, 0.2) is 46.6 Å². The highest BCUT2D eigenvalue weighted by Gasteiger charge is 2.27. The minimum absolute atomic E-state index is 0.0584. The van der Waals surface area contributed by atoms with Crippen LogP contribution in [-0.2, 0) is 9.47 Å². The van der Waals surface area contributed by atoms with Gasteiger partial charge in [-0.1, -0.05) is 0 Å². The Kier molecular flexibility index (Phi) is 2.52. The summed E-state index contributed by atoms with van der Waals surface area (Å²) in [5.74, 6) is 0.966. The monoisotopic (exact) mass is 222 g/mol. The Morgan fingerprint density at radius 3 is 2.94 bits per heavy atom. The predicted molar refractivity (Wildman–Crippen MR) is 58.5 cm³/mol. The lowest BCUT2D eigenvalue weighted by molar-refractivity contribution is 0.173. The Bertz CT molecular complexity index is 444. The molecule has 0 atom stereocenters. The van der Waals surface area contributed by atoms with Gasteiger partial charge < -0.3 is 26.0 Å². The first-order valence-electron chi connectivity index (χ1n) is 5.04. The van der Waals surface area contributed by atoms with E-state index in [2.05, 4.69) is 0 Å². The van der Waals surface area contributed by atoms with Gasteiger partial charge in [0.1, 0.15) is 0 Å². The zero-order chi connectivity index (χ0) is 11.7. The molecule has 1 aliphatic carbocycles. The zero-order valence-corrected chi connectivity index (χ0v) is 8.99. The van der Waals surface area contributed by atoms with Gasteiger partial charge in [0.15, 0.2) is 17.4 Å². The first kappa shape index (κ1) is 10.5. The second-order valence-electron chi connectivity index (χ2n) is 3.47. The fourth-order valence-corrected chi connectivity index (χ4v) is 1.67. The minimum Gasteiger partial charge on any atom is -0.504 e. The molecule has 5 nitrogen and oxygen atoms in total. The topological polar surface area (TPSA) is 90.7 Å². The minimum atomic E-state index is 0.0584. The number of fused-ring (bicyclic) bond motifs is 1. The Labute approximate surface area is 93.3 Å². The molecule has 0 unspecified atom stereocenters. The molecule has 2 rings (SSSR count). The Morgan fingerprint density at radius 1 is 1.50 bits per heavy atom. The van der Waals surface area contributed by atoms with Crippen molar-refractivity contribution in [2.45, 2.75) is 13.3 Å². The van der Waals surface area contributed by atoms with E-state index >= 15 is 0 Å². The van der Waals surface area contributed by atoms with Crippen molar-refractivity contribution in [3.05, 3.63) is 46.6 Å². The third kappa shape index (κ3) is 1.60. The van der Waals surface area contributed by atoms with Crippen LogP contribution in [0.2, 0.25) is 0 Å². The molecule has 86 valence electrons. The van der Waals surface area contributed by atoms with E-state index in [1.165, 1.54) is 0 Å². The van der Waals surface area contributed by atoms with Gasteiger partial charge in [0.05, 0.1) is 6.61 Å². The number of nitrogens with two attached hydrogens (primary N) is 2. The van der Waals surface area contributed by atoms with Gasteiger partial charge in [-0.05, 0) is 13.0 Å². The molecule has 0 spiro atoms. The third-order valence-corrected chi connectivity index (χ3v) is 2.37. The Hall–Kier alpha value is -2.04.